The van der Waals surface area contributed by atoms with E-state index in [0.717, 1.165) is 4.90 Å². The van der Waals surface area contributed by atoms with Crippen molar-refractivity contribution in [1.29, 1.82) is 0 Å². The number of hydrogen-bond acceptors (Lipinski definition) is 4. The first kappa shape index (κ1) is 18.3. The van der Waals surface area contributed by atoms with Crippen LogP contribution in [0.1, 0.15) is 19.5 Å². The number of pyridine rings is 1. The first-order valence-electron chi connectivity index (χ1n) is 7.38. The van der Waals surface area contributed by atoms with Crippen molar-refractivity contribution >= 4 is 6.03 Å². The molecule has 6 nitrogen and oxygen atoms in total. The van der Waals surface area contributed by atoms with Crippen LogP contribution in [-0.4, -0.2) is 54.0 Å². The van der Waals surface area contributed by atoms with Crippen molar-refractivity contribution in [2.45, 2.75) is 38.3 Å². The maximum atomic E-state index is 12.9. The van der Waals surface area contributed by atoms with Crippen molar-refractivity contribution in [3.05, 3.63) is 23.9 Å². The molecule has 0 aromatic carbocycles. The standard InChI is InChI=1S/C15H20F3N3O3/c1-14(2)9-21(8-11(24-14)15(16,17)18)13(22)19-7-10-5-4-6-12(20-10)23-3/h4-6,11H,7-9H2,1-3H3,(H,19,22). The number of rotatable bonds is 3. The van der Waals surface area contributed by atoms with Gasteiger partial charge in [0, 0.05) is 6.07 Å². The van der Waals surface area contributed by atoms with Gasteiger partial charge in [0.15, 0.2) is 6.10 Å². The number of nitrogens with one attached hydrogen (secondary N) is 1. The summed E-state index contributed by atoms with van der Waals surface area (Å²) in [6.07, 6.45) is -6.52. The van der Waals surface area contributed by atoms with Gasteiger partial charge in [0.1, 0.15) is 0 Å². The van der Waals surface area contributed by atoms with Gasteiger partial charge in [-0.15, -0.1) is 0 Å². The Labute approximate surface area is 137 Å². The summed E-state index contributed by atoms with van der Waals surface area (Å²) in [7, 11) is 1.47. The number of alkyl halides is 3. The monoisotopic (exact) mass is 347 g/mol. The molecule has 2 amide bonds. The van der Waals surface area contributed by atoms with Crippen LogP contribution in [0.25, 0.3) is 0 Å². The minimum Gasteiger partial charge on any atom is -0.481 e. The summed E-state index contributed by atoms with van der Waals surface area (Å²) in [5, 5.41) is 2.58. The number of ether oxygens (including phenoxy) is 2. The van der Waals surface area contributed by atoms with Crippen LogP contribution in [0.2, 0.25) is 0 Å². The number of carbonyl (C=O) groups is 1. The van der Waals surface area contributed by atoms with Crippen LogP contribution in [0.3, 0.4) is 0 Å². The van der Waals surface area contributed by atoms with Crippen molar-refractivity contribution in [3.63, 3.8) is 0 Å². The Morgan fingerprint density at radius 3 is 2.83 bits per heavy atom. The number of aromatic nitrogens is 1. The predicted octanol–water partition coefficient (Wildman–Crippen LogP) is 2.34. The number of urea groups is 1. The van der Waals surface area contributed by atoms with Gasteiger partial charge in [0.2, 0.25) is 5.88 Å². The van der Waals surface area contributed by atoms with E-state index in [4.69, 9.17) is 9.47 Å². The number of nitrogens with zero attached hydrogens (tertiary/aromatic N) is 2. The molecule has 0 aliphatic carbocycles. The van der Waals surface area contributed by atoms with Crippen molar-refractivity contribution in [1.82, 2.24) is 15.2 Å². The maximum absolute atomic E-state index is 12.9. The number of methoxy groups -OCH3 is 1. The van der Waals surface area contributed by atoms with E-state index in [1.165, 1.54) is 21.0 Å². The van der Waals surface area contributed by atoms with Gasteiger partial charge in [-0.3, -0.25) is 0 Å². The zero-order valence-electron chi connectivity index (χ0n) is 13.7. The Balaban J connectivity index is 2.00. The molecule has 1 saturated heterocycles. The van der Waals surface area contributed by atoms with Gasteiger partial charge in [-0.2, -0.15) is 13.2 Å². The lowest BCUT2D eigenvalue weighted by Gasteiger charge is -2.43. The SMILES string of the molecule is COc1cccc(CNC(=O)N2CC(C(F)(F)F)OC(C)(C)C2)n1. The third kappa shape index (κ3) is 4.73. The zero-order chi connectivity index (χ0) is 18.0. The molecule has 1 aliphatic rings. The van der Waals surface area contributed by atoms with Crippen LogP contribution < -0.4 is 10.1 Å². The molecule has 1 atom stereocenters. The Bertz CT molecular complexity index is 593. The topological polar surface area (TPSA) is 63.7 Å². The van der Waals surface area contributed by atoms with E-state index >= 15 is 0 Å². The summed E-state index contributed by atoms with van der Waals surface area (Å²) < 4.78 is 48.9. The molecule has 0 radical (unpaired) electrons. The molecule has 134 valence electrons. The quantitative estimate of drug-likeness (QED) is 0.912. The van der Waals surface area contributed by atoms with E-state index in [0.29, 0.717) is 11.6 Å². The number of carbonyl (C=O) groups excluding carboxylic acids is 1. The molecule has 0 spiro atoms. The smallest absolute Gasteiger partial charge is 0.416 e. The lowest BCUT2D eigenvalue weighted by atomic mass is 10.1. The lowest BCUT2D eigenvalue weighted by Crippen LogP contribution is -2.60. The molecule has 1 fully saturated rings. The van der Waals surface area contributed by atoms with Crippen LogP contribution in [-0.2, 0) is 11.3 Å². The average Bonchev–Trinajstić information content (AvgIpc) is 2.50. The van der Waals surface area contributed by atoms with Gasteiger partial charge in [0.25, 0.3) is 0 Å². The molecule has 0 saturated carbocycles. The van der Waals surface area contributed by atoms with Crippen LogP contribution in [0, 0.1) is 0 Å². The van der Waals surface area contributed by atoms with Gasteiger partial charge in [0.05, 0.1) is 38.0 Å². The molecule has 1 aliphatic heterocycles. The number of hydrogen-bond donors (Lipinski definition) is 1. The van der Waals surface area contributed by atoms with Crippen molar-refractivity contribution in [2.75, 3.05) is 20.2 Å². The fourth-order valence-corrected chi connectivity index (χ4v) is 2.46. The minimum absolute atomic E-state index is 0.0664. The second-order valence-corrected chi connectivity index (χ2v) is 6.12. The molecule has 9 heteroatoms. The zero-order valence-corrected chi connectivity index (χ0v) is 13.7. The van der Waals surface area contributed by atoms with E-state index < -0.39 is 30.5 Å². The van der Waals surface area contributed by atoms with E-state index in [-0.39, 0.29) is 13.1 Å². The molecule has 24 heavy (non-hydrogen) atoms. The summed E-state index contributed by atoms with van der Waals surface area (Å²) in [6.45, 7) is 2.66. The Hall–Kier alpha value is -2.03. The maximum Gasteiger partial charge on any atom is 0.416 e. The highest BCUT2D eigenvalue weighted by molar-refractivity contribution is 5.74. The predicted molar refractivity (Wildman–Crippen MR) is 79.6 cm³/mol. The Morgan fingerprint density at radius 1 is 1.50 bits per heavy atom. The average molecular weight is 347 g/mol. The van der Waals surface area contributed by atoms with Crippen molar-refractivity contribution < 1.29 is 27.4 Å². The van der Waals surface area contributed by atoms with E-state index in [1.54, 1.807) is 18.2 Å². The summed E-state index contributed by atoms with van der Waals surface area (Å²) in [5.41, 5.74) is -0.535. The third-order valence-corrected chi connectivity index (χ3v) is 3.48. The summed E-state index contributed by atoms with van der Waals surface area (Å²) >= 11 is 0. The molecular weight excluding hydrogens is 327 g/mol. The largest absolute Gasteiger partial charge is 0.481 e. The van der Waals surface area contributed by atoms with Gasteiger partial charge >= 0.3 is 12.2 Å². The second-order valence-electron chi connectivity index (χ2n) is 6.12. The molecular formula is C15H20F3N3O3. The van der Waals surface area contributed by atoms with Crippen molar-refractivity contribution in [3.8, 4) is 5.88 Å². The van der Waals surface area contributed by atoms with E-state index in [1.807, 2.05) is 0 Å². The molecule has 2 heterocycles. The highest BCUT2D eigenvalue weighted by Crippen LogP contribution is 2.31. The highest BCUT2D eigenvalue weighted by atomic mass is 19.4. The van der Waals surface area contributed by atoms with Gasteiger partial charge in [-0.05, 0) is 19.9 Å². The van der Waals surface area contributed by atoms with Gasteiger partial charge in [-0.25, -0.2) is 9.78 Å². The van der Waals surface area contributed by atoms with Crippen molar-refractivity contribution in [2.24, 2.45) is 0 Å². The van der Waals surface area contributed by atoms with Crippen LogP contribution in [0.4, 0.5) is 18.0 Å². The molecule has 2 rings (SSSR count). The van der Waals surface area contributed by atoms with E-state index in [9.17, 15) is 18.0 Å². The molecule has 1 aromatic heterocycles. The molecule has 1 N–H and O–H groups in total. The van der Waals surface area contributed by atoms with Crippen LogP contribution in [0.5, 0.6) is 5.88 Å². The molecule has 0 bridgehead atoms. The molecule has 1 unspecified atom stereocenters. The van der Waals surface area contributed by atoms with E-state index in [2.05, 4.69) is 10.3 Å². The Kier molecular flexibility index (Phi) is 5.22. The summed E-state index contributed by atoms with van der Waals surface area (Å²) in [4.78, 5) is 17.5. The normalized spacial score (nSPS) is 20.6. The fraction of sp³-hybridized carbons (Fsp3) is 0.600. The first-order chi connectivity index (χ1) is 11.1. The van der Waals surface area contributed by atoms with Gasteiger partial charge in [-0.1, -0.05) is 6.07 Å². The van der Waals surface area contributed by atoms with Crippen LogP contribution in [0.15, 0.2) is 18.2 Å². The molecule has 1 aromatic rings. The second kappa shape index (κ2) is 6.84. The number of morpholine rings is 1. The summed E-state index contributed by atoms with van der Waals surface area (Å²) in [6, 6.07) is 4.46. The Morgan fingerprint density at radius 2 is 2.21 bits per heavy atom. The highest BCUT2D eigenvalue weighted by Gasteiger charge is 2.49. The summed E-state index contributed by atoms with van der Waals surface area (Å²) in [5.74, 6) is 0.395. The number of amides is 2. The third-order valence-electron chi connectivity index (χ3n) is 3.48. The van der Waals surface area contributed by atoms with Crippen LogP contribution >= 0.6 is 0 Å². The number of halogens is 3. The minimum atomic E-state index is -4.52. The lowest BCUT2D eigenvalue weighted by molar-refractivity contribution is -0.267. The first-order valence-corrected chi connectivity index (χ1v) is 7.38. The van der Waals surface area contributed by atoms with Gasteiger partial charge < -0.3 is 19.7 Å². The fourth-order valence-electron chi connectivity index (χ4n) is 2.46.